The molecule has 0 aliphatic carbocycles. The molecule has 0 amide bonds. The number of carbonyl (C=O) groups excluding carboxylic acids is 15. The van der Waals surface area contributed by atoms with Crippen molar-refractivity contribution in [1.82, 2.24) is 44.1 Å². The molecule has 0 aromatic rings. The van der Waals surface area contributed by atoms with Crippen molar-refractivity contribution in [2.75, 3.05) is 177 Å². The second-order valence-electron chi connectivity index (χ2n) is 16.7. The number of carbonyl (C=O) groups is 15. The van der Waals surface area contributed by atoms with Gasteiger partial charge < -0.3 is 149 Å². The molecule has 0 saturated heterocycles. The van der Waals surface area contributed by atoms with Gasteiger partial charge in [0.2, 0.25) is 0 Å². The number of aliphatic carboxylic acids is 15. The smallest absolute Gasteiger partial charge is 0.549 e. The average molecular weight is 1440 g/mol. The van der Waals surface area contributed by atoms with Crippen LogP contribution in [0.5, 0.6) is 0 Å². The molecular formula is C42H54Fe5N9O30. The van der Waals surface area contributed by atoms with Crippen LogP contribution >= 0.6 is 0 Å². The van der Waals surface area contributed by atoms with Gasteiger partial charge in [0.25, 0.3) is 0 Å². The van der Waals surface area contributed by atoms with Crippen LogP contribution in [0.4, 0.5) is 0 Å². The van der Waals surface area contributed by atoms with Crippen LogP contribution in [0.1, 0.15) is 0 Å². The topological polar surface area (TPSA) is 631 Å². The second kappa shape index (κ2) is 55.8. The first-order chi connectivity index (χ1) is 37.5. The normalized spacial score (nSPS) is 10.4. The summed E-state index contributed by atoms with van der Waals surface area (Å²) >= 11 is 0. The third kappa shape index (κ3) is 65.8. The number of hydrogen-bond acceptors (Lipinski definition) is 39. The minimum absolute atomic E-state index is 0. The van der Waals surface area contributed by atoms with E-state index in [0.717, 1.165) is 29.4 Å². The Labute approximate surface area is 541 Å². The van der Waals surface area contributed by atoms with Gasteiger partial charge in [0.05, 0.1) is 89.5 Å². The summed E-state index contributed by atoms with van der Waals surface area (Å²) in [6, 6.07) is 0. The first-order valence-corrected chi connectivity index (χ1v) is 23.0. The van der Waals surface area contributed by atoms with Gasteiger partial charge in [0.15, 0.2) is 0 Å². The number of carboxylic acid groups (broad SMARTS) is 15. The van der Waals surface area contributed by atoms with Crippen LogP contribution in [0.15, 0.2) is 0 Å². The summed E-state index contributed by atoms with van der Waals surface area (Å²) in [5.41, 5.74) is 0. The summed E-state index contributed by atoms with van der Waals surface area (Å²) in [7, 11) is 0. The van der Waals surface area contributed by atoms with E-state index in [0.29, 0.717) is 0 Å². The first kappa shape index (κ1) is 96.6. The van der Waals surface area contributed by atoms with E-state index in [4.69, 9.17) is 0 Å². The van der Waals surface area contributed by atoms with E-state index >= 15 is 0 Å². The Kier molecular flexibility index (Phi) is 62.7. The Morgan fingerprint density at radius 2 is 0.198 bits per heavy atom. The maximum absolute atomic E-state index is 10.8. The molecule has 86 heavy (non-hydrogen) atoms. The monoisotopic (exact) mass is 1440 g/mol. The van der Waals surface area contributed by atoms with Crippen molar-refractivity contribution in [2.24, 2.45) is 0 Å². The molecule has 5 radical (unpaired) electrons. The molecule has 44 heteroatoms. The van der Waals surface area contributed by atoms with Crippen LogP contribution in [0.3, 0.4) is 0 Å². The summed E-state index contributed by atoms with van der Waals surface area (Å²) in [5.74, 6) is -23.0. The Morgan fingerprint density at radius 3 is 0.267 bits per heavy atom. The van der Waals surface area contributed by atoms with Crippen molar-refractivity contribution >= 4 is 89.5 Å². The fourth-order valence-electron chi connectivity index (χ4n) is 6.53. The van der Waals surface area contributed by atoms with Gasteiger partial charge in [-0.1, -0.05) is 0 Å². The van der Waals surface area contributed by atoms with E-state index in [1.165, 1.54) is 14.7 Å². The maximum atomic E-state index is 10.8. The Balaban J connectivity index is -0.000000172. The van der Waals surface area contributed by atoms with Gasteiger partial charge in [0.1, 0.15) is 0 Å². The van der Waals surface area contributed by atoms with Crippen molar-refractivity contribution in [1.29, 1.82) is 0 Å². The first-order valence-electron chi connectivity index (χ1n) is 23.0. The van der Waals surface area contributed by atoms with Crippen molar-refractivity contribution < 1.29 is 234 Å². The molecule has 0 saturated carbocycles. The van der Waals surface area contributed by atoms with Crippen molar-refractivity contribution in [3.05, 3.63) is 0 Å². The molecule has 0 spiro atoms. The van der Waals surface area contributed by atoms with Crippen molar-refractivity contribution in [3.8, 4) is 0 Å². The Morgan fingerprint density at radius 1 is 0.140 bits per heavy atom. The predicted octanol–water partition coefficient (Wildman–Crippen LogP) is -28.1. The van der Waals surface area contributed by atoms with Gasteiger partial charge in [-0.25, -0.2) is 0 Å². The van der Waals surface area contributed by atoms with Gasteiger partial charge >= 0.3 is 85.3 Å². The maximum Gasteiger partial charge on any atom is 3.00 e. The van der Waals surface area contributed by atoms with Crippen molar-refractivity contribution in [3.63, 3.8) is 0 Å². The summed E-state index contributed by atoms with van der Waals surface area (Å²) < 4.78 is 0. The standard InChI is InChI=1S/3C14H23N3O10.5Fe/c3*18-10(19)5-15(1-3-16(6-11(20)21)7-12(22)23)2-4-17(8-13(24)25)9-14(26)27;;;;;/h3*1-9H2,(H,18,19)(H,20,21)(H,22,23)(H,24,25)(H,26,27);;;;;/q;;;5*+3/p-15. The zero-order valence-corrected chi connectivity index (χ0v) is 50.2. The molecular weight excluding hydrogens is 1390 g/mol. The molecule has 0 N–H and O–H groups in total. The molecule has 0 atom stereocenters. The molecule has 0 aliphatic heterocycles. The van der Waals surface area contributed by atoms with Crippen LogP contribution in [0.2, 0.25) is 0 Å². The SMILES string of the molecule is O=C([O-])CN(CCN(CC(=O)[O-])CC(=O)[O-])CCN(CC(=O)[O-])CC(=O)[O-].O=C([O-])CN(CCN(CC(=O)[O-])CC(=O)[O-])CCN(CC(=O)[O-])CC(=O)[O-].O=C([O-])CN(CCN(CC(=O)[O-])CC(=O)[O-])CCN(CC(=O)[O-])CC(=O)[O-].[Fe+3].[Fe+3].[Fe+3].[Fe+3].[Fe+3]. The van der Waals surface area contributed by atoms with Crippen LogP contribution in [0.25, 0.3) is 0 Å². The van der Waals surface area contributed by atoms with E-state index in [-0.39, 0.29) is 164 Å². The molecule has 0 aromatic carbocycles. The molecule has 0 unspecified atom stereocenters. The molecule has 0 heterocycles. The van der Waals surface area contributed by atoms with Crippen molar-refractivity contribution in [2.45, 2.75) is 0 Å². The zero-order valence-electron chi connectivity index (χ0n) is 44.6. The number of rotatable bonds is 48. The third-order valence-corrected chi connectivity index (χ3v) is 9.69. The van der Waals surface area contributed by atoms with Crippen LogP contribution in [-0.2, 0) is 157 Å². The number of hydrogen-bond donors (Lipinski definition) is 0. The molecule has 0 fully saturated rings. The quantitative estimate of drug-likeness (QED) is 0.0511. The largest absolute Gasteiger partial charge is 3.00 e. The molecule has 487 valence electrons. The third-order valence-electron chi connectivity index (χ3n) is 9.69. The summed E-state index contributed by atoms with van der Waals surface area (Å²) in [6.07, 6.45) is 0. The fraction of sp³-hybridized carbons (Fsp3) is 0.643. The molecule has 39 nitrogen and oxygen atoms in total. The minimum atomic E-state index is -1.54. The van der Waals surface area contributed by atoms with Gasteiger partial charge in [-0.15, -0.1) is 0 Å². The van der Waals surface area contributed by atoms with Crippen LogP contribution < -0.4 is 76.6 Å². The van der Waals surface area contributed by atoms with E-state index in [9.17, 15) is 149 Å². The summed E-state index contributed by atoms with van der Waals surface area (Å²) in [5, 5.41) is 160. The fourth-order valence-corrected chi connectivity index (χ4v) is 6.53. The van der Waals surface area contributed by atoms with Gasteiger partial charge in [-0.05, 0) is 0 Å². The van der Waals surface area contributed by atoms with Gasteiger partial charge in [-0.3, -0.25) is 44.1 Å². The van der Waals surface area contributed by atoms with E-state index in [2.05, 4.69) is 0 Å². The number of nitrogens with zero attached hydrogens (tertiary/aromatic N) is 9. The van der Waals surface area contributed by atoms with Gasteiger partial charge in [0, 0.05) is 177 Å². The Hall–Kier alpha value is -5.71. The summed E-state index contributed by atoms with van der Waals surface area (Å²) in [6.45, 7) is -12.5. The average Bonchev–Trinajstić information content (AvgIpc) is 3.26. The predicted molar refractivity (Wildman–Crippen MR) is 223 cm³/mol. The molecule has 0 bridgehead atoms. The van der Waals surface area contributed by atoms with E-state index < -0.39 is 188 Å². The zero-order chi connectivity index (χ0) is 62.9. The Bertz CT molecular complexity index is 1700. The minimum Gasteiger partial charge on any atom is -0.549 e. The molecule has 0 aromatic heterocycles. The van der Waals surface area contributed by atoms with Crippen LogP contribution in [0, 0.1) is 0 Å². The van der Waals surface area contributed by atoms with E-state index in [1.807, 2.05) is 0 Å². The second-order valence-corrected chi connectivity index (χ2v) is 16.7. The molecule has 0 aliphatic rings. The molecule has 0 rings (SSSR count). The van der Waals surface area contributed by atoms with Gasteiger partial charge in [-0.2, -0.15) is 0 Å². The number of carboxylic acids is 15. The van der Waals surface area contributed by atoms with Crippen LogP contribution in [-0.4, -0.2) is 310 Å². The van der Waals surface area contributed by atoms with E-state index in [1.54, 1.807) is 0 Å². The summed E-state index contributed by atoms with van der Waals surface area (Å²) in [4.78, 5) is 169.